The molecule has 0 bridgehead atoms. The van der Waals surface area contributed by atoms with Gasteiger partial charge in [0.25, 0.3) is 0 Å². The molecule has 1 aliphatic carbocycles. The van der Waals surface area contributed by atoms with Gasteiger partial charge in [0.15, 0.2) is 0 Å². The molecule has 0 spiro atoms. The van der Waals surface area contributed by atoms with Gasteiger partial charge in [-0.3, -0.25) is 4.79 Å². The summed E-state index contributed by atoms with van der Waals surface area (Å²) in [6, 6.07) is 0. The molecule has 1 atom stereocenters. The molecule has 2 N–H and O–H groups in total. The third-order valence-corrected chi connectivity index (χ3v) is 4.33. The Morgan fingerprint density at radius 3 is 2.65 bits per heavy atom. The van der Waals surface area contributed by atoms with E-state index in [0.717, 1.165) is 45.3 Å². The van der Waals surface area contributed by atoms with Gasteiger partial charge >= 0.3 is 5.97 Å². The van der Waals surface area contributed by atoms with Crippen LogP contribution < -0.4 is 5.32 Å². The van der Waals surface area contributed by atoms with Crippen LogP contribution in [0, 0.1) is 5.92 Å². The first kappa shape index (κ1) is 12.8. The van der Waals surface area contributed by atoms with Crippen molar-refractivity contribution in [2.75, 3.05) is 26.7 Å². The van der Waals surface area contributed by atoms with Gasteiger partial charge in [-0.05, 0) is 38.8 Å². The molecular formula is C13H24N2O2. The Bertz CT molecular complexity index is 275. The largest absolute Gasteiger partial charge is 0.480 e. The summed E-state index contributed by atoms with van der Waals surface area (Å²) >= 11 is 0. The summed E-state index contributed by atoms with van der Waals surface area (Å²) in [5.74, 6) is -0.0262. The normalized spacial score (nSPS) is 29.4. The summed E-state index contributed by atoms with van der Waals surface area (Å²) in [4.78, 5) is 13.8. The van der Waals surface area contributed by atoms with Crippen LogP contribution in [0.3, 0.4) is 0 Å². The SMILES string of the molecule is CN1CCC(CNC2(C(=O)O)CCCCC2)C1. The second-order valence-electron chi connectivity index (χ2n) is 5.75. The summed E-state index contributed by atoms with van der Waals surface area (Å²) in [5, 5.41) is 12.8. The van der Waals surface area contributed by atoms with Crippen LogP contribution in [-0.2, 0) is 4.79 Å². The number of nitrogens with zero attached hydrogens (tertiary/aromatic N) is 1. The number of carboxylic acid groups (broad SMARTS) is 1. The van der Waals surface area contributed by atoms with Crippen molar-refractivity contribution in [2.24, 2.45) is 5.92 Å². The van der Waals surface area contributed by atoms with E-state index in [4.69, 9.17) is 0 Å². The molecule has 2 fully saturated rings. The molecule has 1 aliphatic heterocycles. The standard InChI is InChI=1S/C13H24N2O2/c1-15-8-5-11(10-15)9-14-13(12(16)17)6-3-2-4-7-13/h11,14H,2-10H2,1H3,(H,16,17). The Kier molecular flexibility index (Phi) is 4.05. The molecule has 1 heterocycles. The minimum atomic E-state index is -0.649. The Balaban J connectivity index is 1.87. The molecule has 0 aromatic heterocycles. The zero-order chi connectivity index (χ0) is 12.3. The van der Waals surface area contributed by atoms with Gasteiger partial charge in [-0.15, -0.1) is 0 Å². The molecule has 0 aromatic rings. The van der Waals surface area contributed by atoms with E-state index < -0.39 is 11.5 Å². The second-order valence-corrected chi connectivity index (χ2v) is 5.75. The van der Waals surface area contributed by atoms with Crippen molar-refractivity contribution in [3.8, 4) is 0 Å². The van der Waals surface area contributed by atoms with E-state index >= 15 is 0 Å². The van der Waals surface area contributed by atoms with Crippen LogP contribution >= 0.6 is 0 Å². The number of hydrogen-bond acceptors (Lipinski definition) is 3. The maximum Gasteiger partial charge on any atom is 0.323 e. The van der Waals surface area contributed by atoms with Crippen LogP contribution in [0.2, 0.25) is 0 Å². The predicted molar refractivity (Wildman–Crippen MR) is 67.1 cm³/mol. The van der Waals surface area contributed by atoms with Gasteiger partial charge in [0.2, 0.25) is 0 Å². The number of hydrogen-bond donors (Lipinski definition) is 2. The summed E-state index contributed by atoms with van der Waals surface area (Å²) in [7, 11) is 2.13. The van der Waals surface area contributed by atoms with E-state index in [-0.39, 0.29) is 0 Å². The van der Waals surface area contributed by atoms with Gasteiger partial charge in [-0.1, -0.05) is 19.3 Å². The lowest BCUT2D eigenvalue weighted by atomic mass is 9.81. The van der Waals surface area contributed by atoms with Crippen molar-refractivity contribution in [3.63, 3.8) is 0 Å². The van der Waals surface area contributed by atoms with Crippen LogP contribution in [-0.4, -0.2) is 48.2 Å². The minimum absolute atomic E-state index is 0.623. The monoisotopic (exact) mass is 240 g/mol. The highest BCUT2D eigenvalue weighted by atomic mass is 16.4. The van der Waals surface area contributed by atoms with Crippen molar-refractivity contribution in [2.45, 2.75) is 44.1 Å². The fraction of sp³-hybridized carbons (Fsp3) is 0.923. The Morgan fingerprint density at radius 1 is 1.41 bits per heavy atom. The third kappa shape index (κ3) is 2.99. The van der Waals surface area contributed by atoms with Gasteiger partial charge in [0.1, 0.15) is 5.54 Å². The van der Waals surface area contributed by atoms with Crippen LogP contribution in [0.4, 0.5) is 0 Å². The number of aliphatic carboxylic acids is 1. The number of nitrogens with one attached hydrogen (secondary N) is 1. The van der Waals surface area contributed by atoms with E-state index in [1.807, 2.05) is 0 Å². The van der Waals surface area contributed by atoms with Gasteiger partial charge in [0, 0.05) is 13.1 Å². The van der Waals surface area contributed by atoms with E-state index in [1.165, 1.54) is 12.8 Å². The summed E-state index contributed by atoms with van der Waals surface area (Å²) in [6.45, 7) is 3.10. The topological polar surface area (TPSA) is 52.6 Å². The molecule has 4 heteroatoms. The molecule has 1 saturated heterocycles. The van der Waals surface area contributed by atoms with E-state index in [2.05, 4.69) is 17.3 Å². The first-order chi connectivity index (χ1) is 8.12. The molecule has 0 radical (unpaired) electrons. The molecule has 98 valence electrons. The molecular weight excluding hydrogens is 216 g/mol. The maximum absolute atomic E-state index is 11.5. The van der Waals surface area contributed by atoms with Crippen molar-refractivity contribution in [1.29, 1.82) is 0 Å². The summed E-state index contributed by atoms with van der Waals surface area (Å²) < 4.78 is 0. The first-order valence-electron chi connectivity index (χ1n) is 6.79. The van der Waals surface area contributed by atoms with E-state index in [9.17, 15) is 9.90 Å². The van der Waals surface area contributed by atoms with E-state index in [1.54, 1.807) is 0 Å². The second kappa shape index (κ2) is 5.36. The van der Waals surface area contributed by atoms with Crippen LogP contribution in [0.15, 0.2) is 0 Å². The minimum Gasteiger partial charge on any atom is -0.480 e. The van der Waals surface area contributed by atoms with Crippen LogP contribution in [0.1, 0.15) is 38.5 Å². The zero-order valence-electron chi connectivity index (χ0n) is 10.7. The van der Waals surface area contributed by atoms with E-state index in [0.29, 0.717) is 5.92 Å². The Hall–Kier alpha value is -0.610. The lowest BCUT2D eigenvalue weighted by molar-refractivity contribution is -0.146. The first-order valence-corrected chi connectivity index (χ1v) is 6.79. The average molecular weight is 240 g/mol. The highest BCUT2D eigenvalue weighted by molar-refractivity contribution is 5.78. The molecule has 1 unspecified atom stereocenters. The highest BCUT2D eigenvalue weighted by Crippen LogP contribution is 2.29. The number of carboxylic acids is 1. The number of carbonyl (C=O) groups is 1. The number of rotatable bonds is 4. The van der Waals surface area contributed by atoms with Crippen molar-refractivity contribution < 1.29 is 9.90 Å². The summed E-state index contributed by atoms with van der Waals surface area (Å²) in [6.07, 6.45) is 6.06. The lowest BCUT2D eigenvalue weighted by Crippen LogP contribution is -2.54. The molecule has 17 heavy (non-hydrogen) atoms. The van der Waals surface area contributed by atoms with Crippen molar-refractivity contribution in [3.05, 3.63) is 0 Å². The highest BCUT2D eigenvalue weighted by Gasteiger charge is 2.39. The molecule has 4 nitrogen and oxygen atoms in total. The summed E-state index contributed by atoms with van der Waals surface area (Å²) in [5.41, 5.74) is -0.626. The fourth-order valence-electron chi connectivity index (χ4n) is 3.15. The quantitative estimate of drug-likeness (QED) is 0.778. The van der Waals surface area contributed by atoms with Gasteiger partial charge in [0.05, 0.1) is 0 Å². The Labute approximate surface area is 103 Å². The lowest BCUT2D eigenvalue weighted by Gasteiger charge is -2.35. The van der Waals surface area contributed by atoms with Crippen molar-refractivity contribution in [1.82, 2.24) is 10.2 Å². The number of likely N-dealkylation sites (tertiary alicyclic amines) is 1. The molecule has 1 saturated carbocycles. The molecule has 0 aromatic carbocycles. The van der Waals surface area contributed by atoms with Crippen LogP contribution in [0.5, 0.6) is 0 Å². The zero-order valence-corrected chi connectivity index (χ0v) is 10.7. The predicted octanol–water partition coefficient (Wildman–Crippen LogP) is 1.32. The molecule has 0 amide bonds. The van der Waals surface area contributed by atoms with Gasteiger partial charge in [-0.2, -0.15) is 0 Å². The average Bonchev–Trinajstić information content (AvgIpc) is 2.74. The smallest absolute Gasteiger partial charge is 0.323 e. The third-order valence-electron chi connectivity index (χ3n) is 4.33. The van der Waals surface area contributed by atoms with Gasteiger partial charge < -0.3 is 15.3 Å². The maximum atomic E-state index is 11.5. The Morgan fingerprint density at radius 2 is 2.12 bits per heavy atom. The fourth-order valence-corrected chi connectivity index (χ4v) is 3.15. The molecule has 2 rings (SSSR count). The van der Waals surface area contributed by atoms with Crippen molar-refractivity contribution >= 4 is 5.97 Å². The molecule has 2 aliphatic rings. The van der Waals surface area contributed by atoms with Gasteiger partial charge in [-0.25, -0.2) is 0 Å². The van der Waals surface area contributed by atoms with Crippen LogP contribution in [0.25, 0.3) is 0 Å².